The lowest BCUT2D eigenvalue weighted by atomic mass is 9.47. The lowest BCUT2D eigenvalue weighted by molar-refractivity contribution is -0.197. The molecule has 3 aliphatic carbocycles. The quantitative estimate of drug-likeness (QED) is 0.542. The number of amides is 1. The highest BCUT2D eigenvalue weighted by atomic mass is 16.5. The summed E-state index contributed by atoms with van der Waals surface area (Å²) in [6.45, 7) is 1.66. The Morgan fingerprint density at radius 1 is 1.31 bits per heavy atom. The third-order valence-electron chi connectivity index (χ3n) is 9.16. The average molecular weight is 492 g/mol. The predicted molar refractivity (Wildman–Crippen MR) is 128 cm³/mol. The number of phenols is 1. The van der Waals surface area contributed by atoms with Gasteiger partial charge in [-0.1, -0.05) is 6.07 Å². The number of nitrogens with zero attached hydrogens (tertiary/aromatic N) is 2. The summed E-state index contributed by atoms with van der Waals surface area (Å²) in [6, 6.07) is 6.56. The molecule has 3 N–H and O–H groups in total. The number of rotatable bonds is 5. The van der Waals surface area contributed by atoms with E-state index in [2.05, 4.69) is 15.2 Å². The van der Waals surface area contributed by atoms with Gasteiger partial charge < -0.3 is 25.0 Å². The topological polar surface area (TPSA) is 121 Å². The van der Waals surface area contributed by atoms with Crippen molar-refractivity contribution in [3.63, 3.8) is 0 Å². The fraction of sp³-hybridized carbons (Fsp3) is 0.519. The summed E-state index contributed by atoms with van der Waals surface area (Å²) in [6.07, 6.45) is 4.01. The summed E-state index contributed by atoms with van der Waals surface area (Å²) < 4.78 is 11.3. The molecule has 5 atom stereocenters. The van der Waals surface area contributed by atoms with Crippen LogP contribution in [-0.2, 0) is 21.4 Å². The highest BCUT2D eigenvalue weighted by Gasteiger charge is 2.75. The molecule has 3 heterocycles. The van der Waals surface area contributed by atoms with Gasteiger partial charge >= 0.3 is 0 Å². The number of aromatic hydroxyl groups is 1. The SMILES string of the molecule is COc1ccc(NC(=O)C2C[C@@]3(O)[C@H]4Cc5ccc(O)c6c5[C@@]3(CCN4CC3CC3)[C@@H](O6)C2=O)cn1. The van der Waals surface area contributed by atoms with Crippen molar-refractivity contribution in [3.8, 4) is 17.4 Å². The minimum atomic E-state index is -1.34. The van der Waals surface area contributed by atoms with Crippen molar-refractivity contribution in [1.29, 1.82) is 0 Å². The van der Waals surface area contributed by atoms with E-state index in [1.165, 1.54) is 26.1 Å². The molecule has 7 rings (SSSR count). The summed E-state index contributed by atoms with van der Waals surface area (Å²) in [5.74, 6) is -0.612. The second kappa shape index (κ2) is 7.43. The standard InChI is InChI=1S/C27H29N3O6/c1-35-20-7-5-16(12-28-20)29-25(33)17-11-27(34)19-10-15-4-6-18(31)23-21(15)26(27,24(36-23)22(17)32)8-9-30(19)13-14-2-3-14/h4-7,12,14,17,19,24,31,34H,2-3,8-11,13H2,1H3,(H,29,33)/t17?,19-,24+,26+,27-/m1/s1. The molecule has 1 saturated heterocycles. The lowest BCUT2D eigenvalue weighted by Crippen LogP contribution is -2.78. The van der Waals surface area contributed by atoms with Gasteiger partial charge in [0.25, 0.3) is 0 Å². The third-order valence-corrected chi connectivity index (χ3v) is 9.16. The molecule has 0 radical (unpaired) electrons. The fourth-order valence-electron chi connectivity index (χ4n) is 7.33. The number of anilines is 1. The number of ketones is 1. The van der Waals surface area contributed by atoms with E-state index in [0.29, 0.717) is 36.1 Å². The second-order valence-corrected chi connectivity index (χ2v) is 11.0. The zero-order valence-corrected chi connectivity index (χ0v) is 20.1. The van der Waals surface area contributed by atoms with Crippen molar-refractivity contribution < 1.29 is 29.3 Å². The monoisotopic (exact) mass is 491 g/mol. The average Bonchev–Trinajstić information content (AvgIpc) is 3.61. The molecule has 1 amide bonds. The number of aromatic nitrogens is 1. The van der Waals surface area contributed by atoms with Gasteiger partial charge in [-0.25, -0.2) is 4.98 Å². The van der Waals surface area contributed by atoms with Crippen molar-refractivity contribution >= 4 is 17.4 Å². The number of ether oxygens (including phenoxy) is 2. The van der Waals surface area contributed by atoms with Gasteiger partial charge in [0.1, 0.15) is 5.92 Å². The van der Waals surface area contributed by atoms with Gasteiger partial charge in [0.15, 0.2) is 23.4 Å². The Balaban J connectivity index is 1.29. The summed E-state index contributed by atoms with van der Waals surface area (Å²) in [4.78, 5) is 33.8. The van der Waals surface area contributed by atoms with E-state index in [9.17, 15) is 19.8 Å². The van der Waals surface area contributed by atoms with Crippen molar-refractivity contribution in [2.75, 3.05) is 25.5 Å². The van der Waals surface area contributed by atoms with Gasteiger partial charge in [-0.05, 0) is 62.3 Å². The van der Waals surface area contributed by atoms with Crippen LogP contribution in [0.25, 0.3) is 0 Å². The van der Waals surface area contributed by atoms with Crippen LogP contribution in [0, 0.1) is 11.8 Å². The number of carbonyl (C=O) groups excluding carboxylic acids is 2. The molecule has 1 aromatic heterocycles. The van der Waals surface area contributed by atoms with Crippen LogP contribution in [-0.4, -0.2) is 69.7 Å². The smallest absolute Gasteiger partial charge is 0.235 e. The Hall–Kier alpha value is -3.17. The van der Waals surface area contributed by atoms with Crippen LogP contribution < -0.4 is 14.8 Å². The van der Waals surface area contributed by atoms with Crippen molar-refractivity contribution in [1.82, 2.24) is 9.88 Å². The minimum Gasteiger partial charge on any atom is -0.504 e. The number of pyridine rings is 1. The van der Waals surface area contributed by atoms with Crippen LogP contribution in [0.15, 0.2) is 30.5 Å². The van der Waals surface area contributed by atoms with Gasteiger partial charge in [-0.15, -0.1) is 0 Å². The molecule has 2 aromatic rings. The molecule has 1 unspecified atom stereocenters. The number of likely N-dealkylation sites (tertiary alicyclic amines) is 1. The Morgan fingerprint density at radius 2 is 2.14 bits per heavy atom. The van der Waals surface area contributed by atoms with E-state index in [1.807, 2.05) is 6.07 Å². The maximum Gasteiger partial charge on any atom is 0.235 e. The number of phenolic OH excluding ortho intramolecular Hbond substituents is 1. The molecule has 3 fully saturated rings. The molecule has 36 heavy (non-hydrogen) atoms. The first-order valence-electron chi connectivity index (χ1n) is 12.7. The number of methoxy groups -OCH3 is 1. The Bertz CT molecular complexity index is 1280. The number of carbonyl (C=O) groups is 2. The van der Waals surface area contributed by atoms with E-state index in [-0.39, 0.29) is 24.0 Å². The number of hydrogen-bond acceptors (Lipinski definition) is 8. The maximum absolute atomic E-state index is 13.9. The Morgan fingerprint density at radius 3 is 2.86 bits per heavy atom. The summed E-state index contributed by atoms with van der Waals surface area (Å²) in [5, 5.41) is 26.1. The molecule has 2 saturated carbocycles. The number of nitrogens with one attached hydrogen (secondary N) is 1. The zero-order valence-electron chi connectivity index (χ0n) is 20.1. The van der Waals surface area contributed by atoms with Crippen LogP contribution in [0.4, 0.5) is 5.69 Å². The maximum atomic E-state index is 13.9. The largest absolute Gasteiger partial charge is 0.504 e. The first-order chi connectivity index (χ1) is 17.4. The van der Waals surface area contributed by atoms with Crippen molar-refractivity contribution in [2.45, 2.75) is 55.3 Å². The second-order valence-electron chi connectivity index (χ2n) is 11.0. The molecule has 9 heteroatoms. The molecule has 188 valence electrons. The Labute approximate surface area is 208 Å². The first-order valence-corrected chi connectivity index (χ1v) is 12.7. The molecular weight excluding hydrogens is 462 g/mol. The van der Waals surface area contributed by atoms with Crippen LogP contribution >= 0.6 is 0 Å². The number of aliphatic hydroxyl groups is 1. The molecule has 1 aromatic carbocycles. The normalized spacial score (nSPS) is 34.1. The molecule has 5 aliphatic rings. The lowest BCUT2D eigenvalue weighted by Gasteiger charge is -2.63. The van der Waals surface area contributed by atoms with Crippen molar-refractivity contribution in [2.24, 2.45) is 11.8 Å². The minimum absolute atomic E-state index is 0.0154. The number of Topliss-reactive ketones (excluding diaryl/α,β-unsaturated/α-hetero) is 1. The zero-order chi connectivity index (χ0) is 24.8. The number of piperidine rings is 1. The molecule has 1 spiro atoms. The van der Waals surface area contributed by atoms with Gasteiger partial charge in [-0.3, -0.25) is 14.5 Å². The van der Waals surface area contributed by atoms with E-state index < -0.39 is 28.9 Å². The highest BCUT2D eigenvalue weighted by Crippen LogP contribution is 2.65. The molecular formula is C27H29N3O6. The van der Waals surface area contributed by atoms with Gasteiger partial charge in [0, 0.05) is 24.2 Å². The van der Waals surface area contributed by atoms with E-state index in [0.717, 1.165) is 24.2 Å². The van der Waals surface area contributed by atoms with Crippen LogP contribution in [0.2, 0.25) is 0 Å². The molecule has 9 nitrogen and oxygen atoms in total. The van der Waals surface area contributed by atoms with Crippen LogP contribution in [0.1, 0.15) is 36.8 Å². The summed E-state index contributed by atoms with van der Waals surface area (Å²) in [7, 11) is 1.51. The fourth-order valence-corrected chi connectivity index (χ4v) is 7.33. The molecule has 2 bridgehead atoms. The van der Waals surface area contributed by atoms with Gasteiger partial charge in [-0.2, -0.15) is 0 Å². The van der Waals surface area contributed by atoms with Crippen LogP contribution in [0.3, 0.4) is 0 Å². The van der Waals surface area contributed by atoms with E-state index in [1.54, 1.807) is 18.2 Å². The number of hydrogen-bond donors (Lipinski definition) is 3. The Kier molecular flexibility index (Phi) is 4.55. The summed E-state index contributed by atoms with van der Waals surface area (Å²) in [5.41, 5.74) is -0.0835. The predicted octanol–water partition coefficient (Wildman–Crippen LogP) is 1.79. The van der Waals surface area contributed by atoms with E-state index >= 15 is 0 Å². The van der Waals surface area contributed by atoms with Gasteiger partial charge in [0.05, 0.1) is 30.0 Å². The van der Waals surface area contributed by atoms with Gasteiger partial charge in [0.2, 0.25) is 11.8 Å². The third kappa shape index (κ3) is 2.81. The van der Waals surface area contributed by atoms with Crippen LogP contribution in [0.5, 0.6) is 17.4 Å². The summed E-state index contributed by atoms with van der Waals surface area (Å²) >= 11 is 0. The first kappa shape index (κ1) is 22.1. The van der Waals surface area contributed by atoms with Crippen molar-refractivity contribution in [3.05, 3.63) is 41.6 Å². The van der Waals surface area contributed by atoms with E-state index in [4.69, 9.17) is 9.47 Å². The number of benzene rings is 1. The highest BCUT2D eigenvalue weighted by molar-refractivity contribution is 6.10. The molecule has 2 aliphatic heterocycles.